The molecule has 1 heterocycles. The highest BCUT2D eigenvalue weighted by atomic mass is 32.1. The van der Waals surface area contributed by atoms with Crippen molar-refractivity contribution in [3.05, 3.63) is 88.1 Å². The van der Waals surface area contributed by atoms with Gasteiger partial charge in [0.1, 0.15) is 4.88 Å². The normalized spacial score (nSPS) is 11.6. The summed E-state index contributed by atoms with van der Waals surface area (Å²) in [6, 6.07) is 19.9. The fraction of sp³-hybridized carbons (Fsp3) is 0.100. The number of hydrogen-bond donors (Lipinski definition) is 1. The zero-order valence-corrected chi connectivity index (χ0v) is 14.5. The number of carbonyl (C=O) groups excluding carboxylic acids is 2. The molecule has 0 saturated carbocycles. The summed E-state index contributed by atoms with van der Waals surface area (Å²) in [6.07, 6.45) is -1.02. The molecule has 4 nitrogen and oxygen atoms in total. The Balaban J connectivity index is 1.81. The third-order valence-corrected chi connectivity index (χ3v) is 4.46. The van der Waals surface area contributed by atoms with Crippen LogP contribution in [0.25, 0.3) is 0 Å². The second-order valence-electron chi connectivity index (χ2n) is 5.53. The van der Waals surface area contributed by atoms with Gasteiger partial charge in [-0.15, -0.1) is 11.3 Å². The fourth-order valence-electron chi connectivity index (χ4n) is 2.31. The lowest BCUT2D eigenvalue weighted by Crippen LogP contribution is -2.25. The van der Waals surface area contributed by atoms with E-state index in [4.69, 9.17) is 4.74 Å². The third kappa shape index (κ3) is 4.33. The number of thiophene rings is 1. The number of amides is 1. The molecule has 1 aromatic heterocycles. The first-order valence-corrected chi connectivity index (χ1v) is 8.68. The number of ether oxygens (including phenoxy) is 1. The van der Waals surface area contributed by atoms with Crippen molar-refractivity contribution >= 4 is 28.9 Å². The first kappa shape index (κ1) is 16.9. The van der Waals surface area contributed by atoms with Gasteiger partial charge in [-0.1, -0.05) is 54.1 Å². The SMILES string of the molecule is Cc1ccc(NC(=O)[C@@H](OC(=O)c2cccs2)c2ccccc2)cc1. The van der Waals surface area contributed by atoms with Crippen molar-refractivity contribution < 1.29 is 14.3 Å². The first-order chi connectivity index (χ1) is 12.1. The average molecular weight is 351 g/mol. The molecule has 0 spiro atoms. The van der Waals surface area contributed by atoms with Crippen molar-refractivity contribution in [2.45, 2.75) is 13.0 Å². The van der Waals surface area contributed by atoms with Gasteiger partial charge in [0.25, 0.3) is 5.91 Å². The minimum Gasteiger partial charge on any atom is -0.443 e. The molecule has 0 bridgehead atoms. The number of rotatable bonds is 5. The highest BCUT2D eigenvalue weighted by Crippen LogP contribution is 2.23. The minimum absolute atomic E-state index is 0.389. The molecule has 0 aliphatic rings. The van der Waals surface area contributed by atoms with E-state index < -0.39 is 12.1 Å². The molecule has 25 heavy (non-hydrogen) atoms. The van der Waals surface area contributed by atoms with Crippen molar-refractivity contribution in [1.29, 1.82) is 0 Å². The van der Waals surface area contributed by atoms with Crippen LogP contribution in [-0.2, 0) is 9.53 Å². The van der Waals surface area contributed by atoms with Gasteiger partial charge in [0, 0.05) is 11.3 Å². The van der Waals surface area contributed by atoms with E-state index in [-0.39, 0.29) is 5.91 Å². The quantitative estimate of drug-likeness (QED) is 0.684. The maximum absolute atomic E-state index is 12.7. The number of carbonyl (C=O) groups is 2. The van der Waals surface area contributed by atoms with E-state index in [0.717, 1.165) is 5.56 Å². The van der Waals surface area contributed by atoms with Crippen LogP contribution in [0.4, 0.5) is 5.69 Å². The van der Waals surface area contributed by atoms with Gasteiger partial charge in [-0.25, -0.2) is 4.79 Å². The van der Waals surface area contributed by atoms with Crippen LogP contribution in [0.3, 0.4) is 0 Å². The summed E-state index contributed by atoms with van der Waals surface area (Å²) in [6.45, 7) is 1.97. The smallest absolute Gasteiger partial charge is 0.349 e. The lowest BCUT2D eigenvalue weighted by atomic mass is 10.1. The van der Waals surface area contributed by atoms with E-state index in [9.17, 15) is 9.59 Å². The Morgan fingerprint density at radius 2 is 1.68 bits per heavy atom. The Hall–Kier alpha value is -2.92. The van der Waals surface area contributed by atoms with Crippen LogP contribution in [0.2, 0.25) is 0 Å². The van der Waals surface area contributed by atoms with Gasteiger partial charge in [-0.3, -0.25) is 4.79 Å². The monoisotopic (exact) mass is 351 g/mol. The molecular weight excluding hydrogens is 334 g/mol. The maximum atomic E-state index is 12.7. The van der Waals surface area contributed by atoms with Gasteiger partial charge >= 0.3 is 5.97 Å². The molecule has 3 aromatic rings. The fourth-order valence-corrected chi connectivity index (χ4v) is 2.91. The Bertz CT molecular complexity index is 842. The van der Waals surface area contributed by atoms with Gasteiger partial charge in [-0.05, 0) is 30.5 Å². The van der Waals surface area contributed by atoms with E-state index >= 15 is 0 Å². The van der Waals surface area contributed by atoms with Crippen LogP contribution < -0.4 is 5.32 Å². The van der Waals surface area contributed by atoms with E-state index in [1.165, 1.54) is 11.3 Å². The molecule has 0 aliphatic carbocycles. The molecule has 0 unspecified atom stereocenters. The first-order valence-electron chi connectivity index (χ1n) is 7.80. The van der Waals surface area contributed by atoms with E-state index in [0.29, 0.717) is 16.1 Å². The highest BCUT2D eigenvalue weighted by molar-refractivity contribution is 7.11. The van der Waals surface area contributed by atoms with Gasteiger partial charge in [-0.2, -0.15) is 0 Å². The lowest BCUT2D eigenvalue weighted by molar-refractivity contribution is -0.125. The largest absolute Gasteiger partial charge is 0.443 e. The predicted octanol–water partition coefficient (Wildman–Crippen LogP) is 4.59. The van der Waals surface area contributed by atoms with Crippen LogP contribution in [0.1, 0.15) is 26.9 Å². The maximum Gasteiger partial charge on any atom is 0.349 e. The number of anilines is 1. The van der Waals surface area contributed by atoms with Crippen molar-refractivity contribution in [2.75, 3.05) is 5.32 Å². The topological polar surface area (TPSA) is 55.4 Å². The van der Waals surface area contributed by atoms with Crippen molar-refractivity contribution in [2.24, 2.45) is 0 Å². The van der Waals surface area contributed by atoms with Crippen LogP contribution in [0, 0.1) is 6.92 Å². The molecule has 0 saturated heterocycles. The number of aryl methyl sites for hydroxylation is 1. The molecular formula is C20H17NO3S. The number of hydrogen-bond acceptors (Lipinski definition) is 4. The van der Waals surface area contributed by atoms with Gasteiger partial charge in [0.2, 0.25) is 6.10 Å². The minimum atomic E-state index is -1.02. The summed E-state index contributed by atoms with van der Waals surface area (Å²) in [5.74, 6) is -0.900. The molecule has 1 atom stereocenters. The molecule has 0 radical (unpaired) electrons. The summed E-state index contributed by atoms with van der Waals surface area (Å²) in [4.78, 5) is 25.5. The molecule has 2 aromatic carbocycles. The third-order valence-electron chi connectivity index (χ3n) is 3.61. The summed E-state index contributed by atoms with van der Waals surface area (Å²) in [7, 11) is 0. The van der Waals surface area contributed by atoms with Crippen LogP contribution in [0.5, 0.6) is 0 Å². The molecule has 1 amide bonds. The van der Waals surface area contributed by atoms with Gasteiger partial charge in [0.15, 0.2) is 0 Å². The van der Waals surface area contributed by atoms with Gasteiger partial charge in [0.05, 0.1) is 0 Å². The summed E-state index contributed by atoms with van der Waals surface area (Å²) < 4.78 is 5.50. The number of nitrogens with one attached hydrogen (secondary N) is 1. The van der Waals surface area contributed by atoms with Crippen molar-refractivity contribution in [3.63, 3.8) is 0 Å². The van der Waals surface area contributed by atoms with E-state index in [1.807, 2.05) is 37.3 Å². The van der Waals surface area contributed by atoms with Crippen molar-refractivity contribution in [3.8, 4) is 0 Å². The molecule has 126 valence electrons. The molecule has 1 N–H and O–H groups in total. The Morgan fingerprint density at radius 3 is 2.32 bits per heavy atom. The Labute approximate surface area is 150 Å². The van der Waals surface area contributed by atoms with Crippen molar-refractivity contribution in [1.82, 2.24) is 0 Å². The molecule has 0 fully saturated rings. The average Bonchev–Trinajstić information content (AvgIpc) is 3.17. The zero-order chi connectivity index (χ0) is 17.6. The van der Waals surface area contributed by atoms with Gasteiger partial charge < -0.3 is 10.1 Å². The van der Waals surface area contributed by atoms with E-state index in [1.54, 1.807) is 41.8 Å². The standard InChI is InChI=1S/C20H17NO3S/c1-14-9-11-16(12-10-14)21-19(22)18(15-6-3-2-4-7-15)24-20(23)17-8-5-13-25-17/h2-13,18H,1H3,(H,21,22)/t18-/m0/s1. The number of esters is 1. The Kier molecular flexibility index (Phi) is 5.26. The van der Waals surface area contributed by atoms with E-state index in [2.05, 4.69) is 5.32 Å². The predicted molar refractivity (Wildman–Crippen MR) is 98.7 cm³/mol. The lowest BCUT2D eigenvalue weighted by Gasteiger charge is -2.18. The second-order valence-corrected chi connectivity index (χ2v) is 6.48. The zero-order valence-electron chi connectivity index (χ0n) is 13.6. The summed E-state index contributed by atoms with van der Waals surface area (Å²) in [5.41, 5.74) is 2.38. The second kappa shape index (κ2) is 7.77. The van der Waals surface area contributed by atoms with Crippen LogP contribution in [-0.4, -0.2) is 11.9 Å². The Morgan fingerprint density at radius 1 is 0.960 bits per heavy atom. The highest BCUT2D eigenvalue weighted by Gasteiger charge is 2.26. The summed E-state index contributed by atoms with van der Waals surface area (Å²) in [5, 5.41) is 4.60. The molecule has 0 aliphatic heterocycles. The summed E-state index contributed by atoms with van der Waals surface area (Å²) >= 11 is 1.28. The number of benzene rings is 2. The van der Waals surface area contributed by atoms with Crippen LogP contribution >= 0.6 is 11.3 Å². The van der Waals surface area contributed by atoms with Crippen LogP contribution in [0.15, 0.2) is 72.1 Å². The molecule has 3 rings (SSSR count). The molecule has 5 heteroatoms.